The number of thiophene rings is 1. The molecule has 0 radical (unpaired) electrons. The van der Waals surface area contributed by atoms with Crippen molar-refractivity contribution in [3.05, 3.63) is 55.2 Å². The van der Waals surface area contributed by atoms with Crippen molar-refractivity contribution in [1.29, 1.82) is 0 Å². The fourth-order valence-electron chi connectivity index (χ4n) is 2.25. The number of nitrogens with one attached hydrogen (secondary N) is 1. The summed E-state index contributed by atoms with van der Waals surface area (Å²) in [6.07, 6.45) is 0. The summed E-state index contributed by atoms with van der Waals surface area (Å²) in [7, 11) is 0. The molecule has 0 saturated carbocycles. The Kier molecular flexibility index (Phi) is 4.60. The van der Waals surface area contributed by atoms with Gasteiger partial charge in [-0.3, -0.25) is 0 Å². The molecule has 1 N–H and O–H groups in total. The summed E-state index contributed by atoms with van der Waals surface area (Å²) >= 11 is 5.27. The van der Waals surface area contributed by atoms with Gasteiger partial charge in [0.25, 0.3) is 0 Å². The molecule has 1 nitrogen and oxygen atoms in total. The second-order valence-corrected chi connectivity index (χ2v) is 6.62. The number of rotatable bonds is 4. The summed E-state index contributed by atoms with van der Waals surface area (Å²) in [4.78, 5) is 1.37. The van der Waals surface area contributed by atoms with Gasteiger partial charge in [0, 0.05) is 27.8 Å². The van der Waals surface area contributed by atoms with Crippen LogP contribution in [0.1, 0.15) is 27.1 Å². The number of hydrogen-bond donors (Lipinski definition) is 1. The van der Waals surface area contributed by atoms with E-state index in [1.165, 1.54) is 31.6 Å². The lowest BCUT2D eigenvalue weighted by molar-refractivity contribution is 0.694. The molecule has 0 aliphatic carbocycles. The Morgan fingerprint density at radius 2 is 1.72 bits per heavy atom. The molecule has 0 amide bonds. The van der Waals surface area contributed by atoms with Gasteiger partial charge in [0.05, 0.1) is 0 Å². The number of benzene rings is 1. The van der Waals surface area contributed by atoms with Crippen LogP contribution in [0.4, 0.5) is 0 Å². The molecule has 0 bridgehead atoms. The highest BCUT2D eigenvalue weighted by molar-refractivity contribution is 9.10. The molecule has 0 saturated heterocycles. The molecule has 2 rings (SSSR count). The molecular weight excluding hydrogens is 306 g/mol. The van der Waals surface area contributed by atoms with Gasteiger partial charge in [0.15, 0.2) is 0 Å². The second kappa shape index (κ2) is 6.00. The normalized spacial score (nSPS) is 10.9. The lowest BCUT2D eigenvalue weighted by atomic mass is 10.00. The van der Waals surface area contributed by atoms with Gasteiger partial charge in [-0.2, -0.15) is 0 Å². The Morgan fingerprint density at radius 3 is 2.28 bits per heavy atom. The summed E-state index contributed by atoms with van der Waals surface area (Å²) in [6, 6.07) is 6.68. The molecule has 0 aliphatic rings. The third kappa shape index (κ3) is 3.44. The molecule has 18 heavy (non-hydrogen) atoms. The summed E-state index contributed by atoms with van der Waals surface area (Å²) in [5, 5.41) is 5.65. The molecule has 0 aliphatic heterocycles. The minimum atomic E-state index is 0.934. The summed E-state index contributed by atoms with van der Waals surface area (Å²) in [6.45, 7) is 8.41. The van der Waals surface area contributed by atoms with E-state index in [0.29, 0.717) is 0 Å². The predicted molar refractivity (Wildman–Crippen MR) is 83.2 cm³/mol. The van der Waals surface area contributed by atoms with E-state index in [4.69, 9.17) is 0 Å². The van der Waals surface area contributed by atoms with Crippen molar-refractivity contribution in [2.45, 2.75) is 33.9 Å². The topological polar surface area (TPSA) is 12.0 Å². The van der Waals surface area contributed by atoms with Gasteiger partial charge in [-0.25, -0.2) is 0 Å². The highest BCUT2D eigenvalue weighted by atomic mass is 79.9. The van der Waals surface area contributed by atoms with Gasteiger partial charge in [0.1, 0.15) is 0 Å². The van der Waals surface area contributed by atoms with Crippen LogP contribution in [0.15, 0.2) is 28.1 Å². The van der Waals surface area contributed by atoms with Gasteiger partial charge in [-0.05, 0) is 59.5 Å². The van der Waals surface area contributed by atoms with Gasteiger partial charge in [-0.1, -0.05) is 17.7 Å². The molecule has 1 aromatic heterocycles. The largest absolute Gasteiger partial charge is 0.308 e. The first-order valence-electron chi connectivity index (χ1n) is 6.06. The summed E-state index contributed by atoms with van der Waals surface area (Å²) < 4.78 is 1.17. The monoisotopic (exact) mass is 323 g/mol. The smallest absolute Gasteiger partial charge is 0.0303 e. The average molecular weight is 324 g/mol. The van der Waals surface area contributed by atoms with Crippen LogP contribution in [0.3, 0.4) is 0 Å². The van der Waals surface area contributed by atoms with Crippen LogP contribution in [-0.4, -0.2) is 0 Å². The van der Waals surface area contributed by atoms with Crippen molar-refractivity contribution in [1.82, 2.24) is 5.32 Å². The van der Waals surface area contributed by atoms with Crippen molar-refractivity contribution in [2.24, 2.45) is 0 Å². The van der Waals surface area contributed by atoms with E-state index in [1.807, 2.05) is 0 Å². The minimum absolute atomic E-state index is 0.934. The first-order valence-corrected chi connectivity index (χ1v) is 7.74. The van der Waals surface area contributed by atoms with Crippen LogP contribution >= 0.6 is 27.3 Å². The summed E-state index contributed by atoms with van der Waals surface area (Å²) in [5.41, 5.74) is 5.53. The van der Waals surface area contributed by atoms with E-state index >= 15 is 0 Å². The van der Waals surface area contributed by atoms with Gasteiger partial charge in [0.2, 0.25) is 0 Å². The Hall–Kier alpha value is -0.640. The van der Waals surface area contributed by atoms with Crippen LogP contribution in [0.2, 0.25) is 0 Å². The van der Waals surface area contributed by atoms with Crippen molar-refractivity contribution in [3.63, 3.8) is 0 Å². The third-order valence-electron chi connectivity index (χ3n) is 3.06. The lowest BCUT2D eigenvalue weighted by Crippen LogP contribution is -2.13. The molecule has 1 heterocycles. The first-order chi connectivity index (χ1) is 8.56. The SMILES string of the molecule is Cc1cc(C)c(CNCc2cc(Br)cs2)c(C)c1. The highest BCUT2D eigenvalue weighted by Crippen LogP contribution is 2.20. The van der Waals surface area contributed by atoms with E-state index in [1.54, 1.807) is 11.3 Å². The minimum Gasteiger partial charge on any atom is -0.308 e. The maximum absolute atomic E-state index is 3.52. The van der Waals surface area contributed by atoms with Crippen molar-refractivity contribution in [2.75, 3.05) is 0 Å². The van der Waals surface area contributed by atoms with E-state index in [-0.39, 0.29) is 0 Å². The van der Waals surface area contributed by atoms with Crippen molar-refractivity contribution >= 4 is 27.3 Å². The molecule has 96 valence electrons. The van der Waals surface area contributed by atoms with Crippen LogP contribution in [0.5, 0.6) is 0 Å². The molecule has 0 fully saturated rings. The van der Waals surface area contributed by atoms with Crippen LogP contribution in [0.25, 0.3) is 0 Å². The zero-order valence-corrected chi connectivity index (χ0v) is 13.4. The van der Waals surface area contributed by atoms with Gasteiger partial charge < -0.3 is 5.32 Å². The average Bonchev–Trinajstić information content (AvgIpc) is 2.68. The van der Waals surface area contributed by atoms with Crippen molar-refractivity contribution in [3.8, 4) is 0 Å². The molecule has 1 aromatic carbocycles. The van der Waals surface area contributed by atoms with Crippen molar-refractivity contribution < 1.29 is 0 Å². The maximum Gasteiger partial charge on any atom is 0.0303 e. The van der Waals surface area contributed by atoms with Gasteiger partial charge in [-0.15, -0.1) is 11.3 Å². The Balaban J connectivity index is 1.98. The summed E-state index contributed by atoms with van der Waals surface area (Å²) in [5.74, 6) is 0. The molecular formula is C15H18BrNS. The lowest BCUT2D eigenvalue weighted by Gasteiger charge is -2.12. The fraction of sp³-hybridized carbons (Fsp3) is 0.333. The molecule has 0 unspecified atom stereocenters. The zero-order valence-electron chi connectivity index (χ0n) is 11.0. The Morgan fingerprint density at radius 1 is 1.06 bits per heavy atom. The fourth-order valence-corrected chi connectivity index (χ4v) is 3.67. The highest BCUT2D eigenvalue weighted by Gasteiger charge is 2.04. The predicted octanol–water partition coefficient (Wildman–Crippen LogP) is 4.73. The van der Waals surface area contributed by atoms with Crippen LogP contribution < -0.4 is 5.32 Å². The number of aryl methyl sites for hydroxylation is 3. The van der Waals surface area contributed by atoms with E-state index < -0.39 is 0 Å². The van der Waals surface area contributed by atoms with Crippen LogP contribution in [-0.2, 0) is 13.1 Å². The van der Waals surface area contributed by atoms with Gasteiger partial charge >= 0.3 is 0 Å². The quantitative estimate of drug-likeness (QED) is 0.858. The molecule has 0 spiro atoms. The Labute approximate surface area is 121 Å². The molecule has 0 atom stereocenters. The number of halogens is 1. The zero-order chi connectivity index (χ0) is 13.1. The first kappa shape index (κ1) is 13.8. The number of hydrogen-bond acceptors (Lipinski definition) is 2. The van der Waals surface area contributed by atoms with E-state index in [9.17, 15) is 0 Å². The van der Waals surface area contributed by atoms with E-state index in [2.05, 4.69) is 65.6 Å². The standard InChI is InChI=1S/C15H18BrNS/c1-10-4-11(2)15(12(3)5-10)8-17-7-14-6-13(16)9-18-14/h4-6,9,17H,7-8H2,1-3H3. The second-order valence-electron chi connectivity index (χ2n) is 4.71. The maximum atomic E-state index is 3.52. The Bertz CT molecular complexity index is 522. The molecule has 3 heteroatoms. The molecule has 2 aromatic rings. The third-order valence-corrected chi connectivity index (χ3v) is 4.76. The van der Waals surface area contributed by atoms with E-state index in [0.717, 1.165) is 13.1 Å². The van der Waals surface area contributed by atoms with Crippen LogP contribution in [0, 0.1) is 20.8 Å².